The molecule has 1 saturated heterocycles. The molecule has 1 heterocycles. The Morgan fingerprint density at radius 3 is 2.61 bits per heavy atom. The molecule has 4 unspecified atom stereocenters. The maximum absolute atomic E-state index is 3.71. The van der Waals surface area contributed by atoms with Crippen LogP contribution in [-0.4, -0.2) is 36.6 Å². The van der Waals surface area contributed by atoms with E-state index in [1.165, 1.54) is 58.2 Å². The summed E-state index contributed by atoms with van der Waals surface area (Å²) in [5, 5.41) is 3.71. The molecule has 0 spiro atoms. The molecule has 0 radical (unpaired) electrons. The van der Waals surface area contributed by atoms with Crippen LogP contribution in [0.2, 0.25) is 0 Å². The van der Waals surface area contributed by atoms with Crippen molar-refractivity contribution in [2.75, 3.05) is 19.6 Å². The Balaban J connectivity index is 1.45. The number of hydrogen-bond donors (Lipinski definition) is 1. The molecule has 2 heteroatoms. The molecule has 4 atom stereocenters. The second kappa shape index (κ2) is 5.50. The summed E-state index contributed by atoms with van der Waals surface area (Å²) >= 11 is 0. The first-order valence-electron chi connectivity index (χ1n) is 8.20. The Hall–Kier alpha value is -0.0800. The van der Waals surface area contributed by atoms with E-state index >= 15 is 0 Å². The summed E-state index contributed by atoms with van der Waals surface area (Å²) in [6.07, 6.45) is 8.63. The Bertz CT molecular complexity index is 274. The summed E-state index contributed by atoms with van der Waals surface area (Å²) in [5.41, 5.74) is 0. The van der Waals surface area contributed by atoms with Gasteiger partial charge in [-0.15, -0.1) is 0 Å². The first-order valence-corrected chi connectivity index (χ1v) is 8.20. The zero-order valence-corrected chi connectivity index (χ0v) is 12.2. The van der Waals surface area contributed by atoms with Gasteiger partial charge in [-0.25, -0.2) is 0 Å². The third-order valence-electron chi connectivity index (χ3n) is 5.45. The average Bonchev–Trinajstić information content (AvgIpc) is 3.05. The van der Waals surface area contributed by atoms with Gasteiger partial charge in [-0.3, -0.25) is 4.90 Å². The largest absolute Gasteiger partial charge is 0.314 e. The molecule has 1 aliphatic heterocycles. The van der Waals surface area contributed by atoms with E-state index in [0.29, 0.717) is 0 Å². The molecule has 2 aliphatic carbocycles. The SMILES string of the molecule is CC1CCC(N2CCC(CNC3CC3)C2)C(C)C1. The van der Waals surface area contributed by atoms with E-state index in [1.54, 1.807) is 0 Å². The normalized spacial score (nSPS) is 42.3. The maximum atomic E-state index is 3.71. The van der Waals surface area contributed by atoms with Gasteiger partial charge in [0.25, 0.3) is 0 Å². The highest BCUT2D eigenvalue weighted by Gasteiger charge is 2.34. The third-order valence-corrected chi connectivity index (χ3v) is 5.45. The highest BCUT2D eigenvalue weighted by Crippen LogP contribution is 2.34. The fraction of sp³-hybridized carbons (Fsp3) is 1.00. The van der Waals surface area contributed by atoms with Gasteiger partial charge in [0.05, 0.1) is 0 Å². The van der Waals surface area contributed by atoms with Crippen LogP contribution in [0, 0.1) is 17.8 Å². The number of hydrogen-bond acceptors (Lipinski definition) is 2. The Kier molecular flexibility index (Phi) is 3.95. The van der Waals surface area contributed by atoms with E-state index in [-0.39, 0.29) is 0 Å². The van der Waals surface area contributed by atoms with E-state index in [1.807, 2.05) is 0 Å². The Labute approximate surface area is 113 Å². The van der Waals surface area contributed by atoms with Crippen molar-refractivity contribution in [3.8, 4) is 0 Å². The van der Waals surface area contributed by atoms with Gasteiger partial charge in [0.2, 0.25) is 0 Å². The zero-order valence-electron chi connectivity index (χ0n) is 12.2. The highest BCUT2D eigenvalue weighted by atomic mass is 15.2. The van der Waals surface area contributed by atoms with Gasteiger partial charge < -0.3 is 5.32 Å². The predicted molar refractivity (Wildman–Crippen MR) is 76.7 cm³/mol. The molecular formula is C16H30N2. The third kappa shape index (κ3) is 3.08. The van der Waals surface area contributed by atoms with Crippen molar-refractivity contribution in [3.63, 3.8) is 0 Å². The van der Waals surface area contributed by atoms with Gasteiger partial charge in [-0.05, 0) is 69.4 Å². The van der Waals surface area contributed by atoms with Gasteiger partial charge >= 0.3 is 0 Å². The zero-order chi connectivity index (χ0) is 12.5. The summed E-state index contributed by atoms with van der Waals surface area (Å²) in [4.78, 5) is 2.82. The van der Waals surface area contributed by atoms with E-state index < -0.39 is 0 Å². The maximum Gasteiger partial charge on any atom is 0.0121 e. The second-order valence-electron chi connectivity index (χ2n) is 7.30. The molecule has 1 N–H and O–H groups in total. The molecule has 3 fully saturated rings. The van der Waals surface area contributed by atoms with Crippen molar-refractivity contribution in [3.05, 3.63) is 0 Å². The quantitative estimate of drug-likeness (QED) is 0.825. The summed E-state index contributed by atoms with van der Waals surface area (Å²) in [7, 11) is 0. The summed E-state index contributed by atoms with van der Waals surface area (Å²) in [5.74, 6) is 2.81. The minimum atomic E-state index is 0.883. The fourth-order valence-electron chi connectivity index (χ4n) is 4.14. The van der Waals surface area contributed by atoms with Crippen molar-refractivity contribution in [1.82, 2.24) is 10.2 Å². The van der Waals surface area contributed by atoms with Crippen molar-refractivity contribution < 1.29 is 0 Å². The lowest BCUT2D eigenvalue weighted by molar-refractivity contribution is 0.112. The van der Waals surface area contributed by atoms with Crippen molar-refractivity contribution in [2.45, 2.75) is 64.5 Å². The van der Waals surface area contributed by atoms with Gasteiger partial charge in [0.1, 0.15) is 0 Å². The van der Waals surface area contributed by atoms with Crippen LogP contribution in [0.15, 0.2) is 0 Å². The molecule has 3 aliphatic rings. The Morgan fingerprint density at radius 1 is 1.06 bits per heavy atom. The minimum Gasteiger partial charge on any atom is -0.314 e. The summed E-state index contributed by atoms with van der Waals surface area (Å²) in [6.45, 7) is 8.91. The van der Waals surface area contributed by atoms with Crippen LogP contribution < -0.4 is 5.32 Å². The molecular weight excluding hydrogens is 220 g/mol. The minimum absolute atomic E-state index is 0.883. The molecule has 0 bridgehead atoms. The van der Waals surface area contributed by atoms with Crippen LogP contribution in [0.5, 0.6) is 0 Å². The molecule has 3 rings (SSSR count). The number of rotatable bonds is 4. The van der Waals surface area contributed by atoms with E-state index in [0.717, 1.165) is 29.8 Å². The molecule has 0 amide bonds. The van der Waals surface area contributed by atoms with Crippen LogP contribution in [0.3, 0.4) is 0 Å². The van der Waals surface area contributed by atoms with Crippen molar-refractivity contribution in [2.24, 2.45) is 17.8 Å². The van der Waals surface area contributed by atoms with E-state index in [4.69, 9.17) is 0 Å². The van der Waals surface area contributed by atoms with Crippen LogP contribution in [0.1, 0.15) is 52.4 Å². The lowest BCUT2D eigenvalue weighted by Gasteiger charge is -2.38. The number of likely N-dealkylation sites (tertiary alicyclic amines) is 1. The van der Waals surface area contributed by atoms with E-state index in [2.05, 4.69) is 24.1 Å². The van der Waals surface area contributed by atoms with Crippen LogP contribution in [-0.2, 0) is 0 Å². The molecule has 18 heavy (non-hydrogen) atoms. The topological polar surface area (TPSA) is 15.3 Å². The first kappa shape index (κ1) is 12.9. The lowest BCUT2D eigenvalue weighted by atomic mass is 9.79. The van der Waals surface area contributed by atoms with Crippen LogP contribution >= 0.6 is 0 Å². The van der Waals surface area contributed by atoms with E-state index in [9.17, 15) is 0 Å². The monoisotopic (exact) mass is 250 g/mol. The molecule has 2 nitrogen and oxygen atoms in total. The molecule has 2 saturated carbocycles. The van der Waals surface area contributed by atoms with Crippen molar-refractivity contribution >= 4 is 0 Å². The van der Waals surface area contributed by atoms with Crippen molar-refractivity contribution in [1.29, 1.82) is 0 Å². The van der Waals surface area contributed by atoms with Gasteiger partial charge in [-0.2, -0.15) is 0 Å². The standard InChI is InChI=1S/C16H30N2/c1-12-3-6-16(13(2)9-12)18-8-7-14(11-18)10-17-15-4-5-15/h12-17H,3-11H2,1-2H3. The molecule has 0 aromatic carbocycles. The highest BCUT2D eigenvalue weighted by molar-refractivity contribution is 4.89. The van der Waals surface area contributed by atoms with Crippen LogP contribution in [0.4, 0.5) is 0 Å². The summed E-state index contributed by atoms with van der Waals surface area (Å²) < 4.78 is 0. The molecule has 0 aromatic heterocycles. The number of nitrogens with one attached hydrogen (secondary N) is 1. The lowest BCUT2D eigenvalue weighted by Crippen LogP contribution is -2.42. The predicted octanol–water partition coefficient (Wildman–Crippen LogP) is 2.89. The molecule has 104 valence electrons. The van der Waals surface area contributed by atoms with Gasteiger partial charge in [0, 0.05) is 18.6 Å². The van der Waals surface area contributed by atoms with Gasteiger partial charge in [-0.1, -0.05) is 13.8 Å². The molecule has 0 aromatic rings. The first-order chi connectivity index (χ1) is 8.72. The smallest absolute Gasteiger partial charge is 0.0121 e. The Morgan fingerprint density at radius 2 is 1.89 bits per heavy atom. The second-order valence-corrected chi connectivity index (χ2v) is 7.30. The average molecular weight is 250 g/mol. The summed E-state index contributed by atoms with van der Waals surface area (Å²) in [6, 6.07) is 1.78. The van der Waals surface area contributed by atoms with Crippen LogP contribution in [0.25, 0.3) is 0 Å². The number of nitrogens with zero attached hydrogens (tertiary/aromatic N) is 1. The van der Waals surface area contributed by atoms with Gasteiger partial charge in [0.15, 0.2) is 0 Å². The fourth-order valence-corrected chi connectivity index (χ4v) is 4.14.